The van der Waals surface area contributed by atoms with Crippen LogP contribution in [-0.2, 0) is 0 Å². The number of hydrogen-bond donors (Lipinski definition) is 3. The molecule has 0 saturated heterocycles. The monoisotopic (exact) mass is 327 g/mol. The Balaban J connectivity index is 2.35. The van der Waals surface area contributed by atoms with E-state index < -0.39 is 0 Å². The van der Waals surface area contributed by atoms with E-state index in [0.29, 0.717) is 27.5 Å². The average Bonchev–Trinajstić information content (AvgIpc) is 2.42. The number of ether oxygens (including phenoxy) is 1. The molecule has 0 atom stereocenters. The van der Waals surface area contributed by atoms with Crippen LogP contribution in [0.4, 0.5) is 21.7 Å². The fourth-order valence-electron chi connectivity index (χ4n) is 1.47. The van der Waals surface area contributed by atoms with Gasteiger partial charge in [0.05, 0.1) is 11.6 Å². The standard InChI is InChI=1S/C11H11BrFN5O/c1-19-9-10(15-5-16-11(9)18-14)17-6-2-3-8(13)7(12)4-6/h2-5H,14H2,1H3,(H2,15,16,17,18). The molecule has 1 heterocycles. The van der Waals surface area contributed by atoms with Crippen LogP contribution in [0.5, 0.6) is 5.75 Å². The lowest BCUT2D eigenvalue weighted by Crippen LogP contribution is -2.11. The molecular weight excluding hydrogens is 317 g/mol. The largest absolute Gasteiger partial charge is 0.490 e. The van der Waals surface area contributed by atoms with Crippen LogP contribution in [0.25, 0.3) is 0 Å². The average molecular weight is 328 g/mol. The molecule has 0 radical (unpaired) electrons. The summed E-state index contributed by atoms with van der Waals surface area (Å²) in [6, 6.07) is 4.51. The van der Waals surface area contributed by atoms with Gasteiger partial charge in [-0.3, -0.25) is 0 Å². The van der Waals surface area contributed by atoms with Gasteiger partial charge in [0, 0.05) is 5.69 Å². The van der Waals surface area contributed by atoms with Crippen molar-refractivity contribution in [2.45, 2.75) is 0 Å². The summed E-state index contributed by atoms with van der Waals surface area (Å²) in [6.45, 7) is 0. The van der Waals surface area contributed by atoms with Crippen LogP contribution < -0.4 is 21.3 Å². The third-order valence-electron chi connectivity index (χ3n) is 2.33. The molecule has 0 aliphatic rings. The van der Waals surface area contributed by atoms with Crippen LogP contribution in [0.1, 0.15) is 0 Å². The molecule has 1 aromatic carbocycles. The number of rotatable bonds is 4. The Hall–Kier alpha value is -1.93. The van der Waals surface area contributed by atoms with E-state index >= 15 is 0 Å². The lowest BCUT2D eigenvalue weighted by Gasteiger charge is -2.12. The van der Waals surface area contributed by atoms with Crippen molar-refractivity contribution in [1.82, 2.24) is 9.97 Å². The maximum Gasteiger partial charge on any atom is 0.205 e. The Morgan fingerprint density at radius 3 is 2.68 bits per heavy atom. The summed E-state index contributed by atoms with van der Waals surface area (Å²) in [5.41, 5.74) is 3.05. The number of nitrogens with one attached hydrogen (secondary N) is 2. The Labute approximate surface area is 117 Å². The highest BCUT2D eigenvalue weighted by Crippen LogP contribution is 2.31. The second kappa shape index (κ2) is 5.81. The summed E-state index contributed by atoms with van der Waals surface area (Å²) in [7, 11) is 1.48. The number of methoxy groups -OCH3 is 1. The molecule has 1 aromatic heterocycles. The quantitative estimate of drug-likeness (QED) is 0.590. The molecule has 0 aliphatic carbocycles. The number of hydrazine groups is 1. The maximum absolute atomic E-state index is 13.2. The molecule has 0 saturated carbocycles. The van der Waals surface area contributed by atoms with Gasteiger partial charge < -0.3 is 15.5 Å². The number of nitrogens with zero attached hydrogens (tertiary/aromatic N) is 2. The van der Waals surface area contributed by atoms with Crippen LogP contribution in [0.15, 0.2) is 29.0 Å². The normalized spacial score (nSPS) is 10.1. The summed E-state index contributed by atoms with van der Waals surface area (Å²) in [4.78, 5) is 7.97. The van der Waals surface area contributed by atoms with Crippen LogP contribution in [-0.4, -0.2) is 17.1 Å². The molecule has 0 unspecified atom stereocenters. The topological polar surface area (TPSA) is 85.1 Å². The van der Waals surface area contributed by atoms with Gasteiger partial charge in [0.2, 0.25) is 5.75 Å². The molecule has 8 heteroatoms. The molecule has 0 aliphatic heterocycles. The lowest BCUT2D eigenvalue weighted by atomic mass is 10.3. The number of benzene rings is 1. The van der Waals surface area contributed by atoms with Crippen molar-refractivity contribution in [2.75, 3.05) is 17.9 Å². The van der Waals surface area contributed by atoms with E-state index in [1.807, 2.05) is 0 Å². The highest BCUT2D eigenvalue weighted by Gasteiger charge is 2.11. The zero-order chi connectivity index (χ0) is 13.8. The highest BCUT2D eigenvalue weighted by molar-refractivity contribution is 9.10. The number of nitrogen functional groups attached to an aromatic ring is 1. The van der Waals surface area contributed by atoms with E-state index in [1.54, 1.807) is 12.1 Å². The first kappa shape index (κ1) is 13.5. The third-order valence-corrected chi connectivity index (χ3v) is 2.93. The van der Waals surface area contributed by atoms with Crippen molar-refractivity contribution in [1.29, 1.82) is 0 Å². The van der Waals surface area contributed by atoms with Crippen LogP contribution in [0.3, 0.4) is 0 Å². The minimum atomic E-state index is -0.343. The molecule has 0 fully saturated rings. The van der Waals surface area contributed by atoms with Crippen molar-refractivity contribution in [3.05, 3.63) is 34.8 Å². The highest BCUT2D eigenvalue weighted by atomic mass is 79.9. The van der Waals surface area contributed by atoms with E-state index in [2.05, 4.69) is 36.6 Å². The Bertz CT molecular complexity index is 595. The van der Waals surface area contributed by atoms with Crippen molar-refractivity contribution < 1.29 is 9.13 Å². The van der Waals surface area contributed by atoms with Gasteiger partial charge in [-0.15, -0.1) is 0 Å². The summed E-state index contributed by atoms with van der Waals surface area (Å²) in [5, 5.41) is 3.00. The fourth-order valence-corrected chi connectivity index (χ4v) is 1.85. The van der Waals surface area contributed by atoms with Crippen LogP contribution >= 0.6 is 15.9 Å². The van der Waals surface area contributed by atoms with Gasteiger partial charge in [0.1, 0.15) is 12.1 Å². The van der Waals surface area contributed by atoms with Gasteiger partial charge in [-0.25, -0.2) is 20.2 Å². The van der Waals surface area contributed by atoms with E-state index in [4.69, 9.17) is 10.6 Å². The first-order chi connectivity index (χ1) is 9.15. The molecule has 2 aromatic rings. The van der Waals surface area contributed by atoms with Crippen LogP contribution in [0, 0.1) is 5.82 Å². The summed E-state index contributed by atoms with van der Waals surface area (Å²) in [6.07, 6.45) is 1.33. The smallest absolute Gasteiger partial charge is 0.205 e. The third kappa shape index (κ3) is 2.91. The zero-order valence-electron chi connectivity index (χ0n) is 9.95. The van der Waals surface area contributed by atoms with Gasteiger partial charge in [0.25, 0.3) is 0 Å². The Morgan fingerprint density at radius 2 is 2.05 bits per heavy atom. The van der Waals surface area contributed by atoms with E-state index in [1.165, 1.54) is 19.5 Å². The molecule has 100 valence electrons. The molecule has 4 N–H and O–H groups in total. The predicted octanol–water partition coefficient (Wildman–Crippen LogP) is 2.42. The maximum atomic E-state index is 13.2. The van der Waals surface area contributed by atoms with Crippen LogP contribution in [0.2, 0.25) is 0 Å². The number of nitrogens with two attached hydrogens (primary N) is 1. The minimum Gasteiger partial charge on any atom is -0.490 e. The van der Waals surface area contributed by atoms with Gasteiger partial charge >= 0.3 is 0 Å². The SMILES string of the molecule is COc1c(NN)ncnc1Nc1ccc(F)c(Br)c1. The van der Waals surface area contributed by atoms with Gasteiger partial charge in [0.15, 0.2) is 11.6 Å². The first-order valence-corrected chi connectivity index (χ1v) is 6.02. The van der Waals surface area contributed by atoms with Gasteiger partial charge in [-0.05, 0) is 34.1 Å². The number of aromatic nitrogens is 2. The van der Waals surface area contributed by atoms with Crippen molar-refractivity contribution in [3.63, 3.8) is 0 Å². The Kier molecular flexibility index (Phi) is 4.13. The molecule has 0 spiro atoms. The molecular formula is C11H11BrFN5O. The number of hydrogen-bond acceptors (Lipinski definition) is 6. The zero-order valence-corrected chi connectivity index (χ0v) is 11.5. The van der Waals surface area contributed by atoms with E-state index in [0.717, 1.165) is 0 Å². The summed E-state index contributed by atoms with van der Waals surface area (Å²) >= 11 is 3.11. The Morgan fingerprint density at radius 1 is 1.32 bits per heavy atom. The second-order valence-corrected chi connectivity index (χ2v) is 4.36. The first-order valence-electron chi connectivity index (χ1n) is 5.23. The summed E-state index contributed by atoms with van der Waals surface area (Å²) < 4.78 is 18.7. The van der Waals surface area contributed by atoms with E-state index in [-0.39, 0.29) is 5.82 Å². The molecule has 0 bridgehead atoms. The number of anilines is 3. The summed E-state index contributed by atoms with van der Waals surface area (Å²) in [5.74, 6) is 6.12. The number of halogens is 2. The minimum absolute atomic E-state index is 0.343. The van der Waals surface area contributed by atoms with Crippen molar-refractivity contribution in [2.24, 2.45) is 5.84 Å². The van der Waals surface area contributed by atoms with Crippen molar-refractivity contribution in [3.8, 4) is 5.75 Å². The second-order valence-electron chi connectivity index (χ2n) is 3.50. The predicted molar refractivity (Wildman–Crippen MR) is 73.8 cm³/mol. The molecule has 19 heavy (non-hydrogen) atoms. The van der Waals surface area contributed by atoms with Gasteiger partial charge in [-0.2, -0.15) is 0 Å². The van der Waals surface area contributed by atoms with Gasteiger partial charge in [-0.1, -0.05) is 0 Å². The molecule has 0 amide bonds. The molecule has 6 nitrogen and oxygen atoms in total. The molecule has 2 rings (SSSR count). The lowest BCUT2D eigenvalue weighted by molar-refractivity contribution is 0.415. The van der Waals surface area contributed by atoms with Crippen molar-refractivity contribution >= 4 is 33.3 Å². The van der Waals surface area contributed by atoms with E-state index in [9.17, 15) is 4.39 Å². The fraction of sp³-hybridized carbons (Fsp3) is 0.0909.